The molecule has 1 amide bonds. The van der Waals surface area contributed by atoms with Gasteiger partial charge in [-0.15, -0.1) is 0 Å². The van der Waals surface area contributed by atoms with E-state index in [4.69, 9.17) is 12.8 Å². The highest BCUT2D eigenvalue weighted by atomic mass is 16.7. The summed E-state index contributed by atoms with van der Waals surface area (Å²) in [5, 5.41) is 0. The van der Waals surface area contributed by atoms with Gasteiger partial charge in [-0.25, -0.2) is 5.48 Å². The van der Waals surface area contributed by atoms with E-state index in [-0.39, 0.29) is 11.5 Å². The van der Waals surface area contributed by atoms with Crippen molar-refractivity contribution in [3.05, 3.63) is 0 Å². The van der Waals surface area contributed by atoms with Gasteiger partial charge in [-0.1, -0.05) is 0 Å². The Hall–Kier alpha value is -0.545. The summed E-state index contributed by atoms with van der Waals surface area (Å²) in [5.74, 6) is 0.523. The fraction of sp³-hybridized carbons (Fsp3) is 0.889. The largest absolute Gasteiger partial charge is 0.481 e. The number of hydrogen-bond acceptors (Lipinski definition) is 2. The second-order valence-electron chi connectivity index (χ2n) is 4.97. The predicted molar refractivity (Wildman–Crippen MR) is 49.9 cm³/mol. The molecule has 14 heavy (non-hydrogen) atoms. The molecule has 0 aromatic heterocycles. The van der Waals surface area contributed by atoms with Gasteiger partial charge in [0.2, 0.25) is 5.91 Å². The van der Waals surface area contributed by atoms with Crippen LogP contribution in [0.25, 0.3) is 0 Å². The Labute approximate surface area is 84.6 Å². The number of piperidine rings is 3. The number of nitrogens with one attached hydrogen (secondary N) is 1. The Morgan fingerprint density at radius 3 is 2.71 bits per heavy atom. The van der Waals surface area contributed by atoms with Crippen LogP contribution in [0.1, 0.15) is 19.3 Å². The van der Waals surface area contributed by atoms with Gasteiger partial charge in [0, 0.05) is 18.8 Å². The van der Waals surface area contributed by atoms with Gasteiger partial charge in [0.1, 0.15) is 0 Å². The molecule has 4 heterocycles. The molecule has 2 bridgehead atoms. The van der Waals surface area contributed by atoms with Gasteiger partial charge in [0.05, 0.1) is 26.1 Å². The van der Waals surface area contributed by atoms with E-state index < -0.39 is 0 Å². The first-order chi connectivity index (χ1) is 6.62. The van der Waals surface area contributed by atoms with Gasteiger partial charge in [0.25, 0.3) is 0 Å². The summed E-state index contributed by atoms with van der Waals surface area (Å²) in [6.45, 7) is 2.85. The topological polar surface area (TPSA) is 38.3 Å². The van der Waals surface area contributed by atoms with Crippen molar-refractivity contribution in [2.45, 2.75) is 24.9 Å². The van der Waals surface area contributed by atoms with Crippen molar-refractivity contribution in [1.29, 1.82) is 0 Å². The van der Waals surface area contributed by atoms with E-state index in [1.807, 2.05) is 0 Å². The first-order valence-corrected chi connectivity index (χ1v) is 5.24. The minimum atomic E-state index is -0.289. The zero-order chi connectivity index (χ0) is 9.81. The number of quaternary nitrogens is 1. The summed E-state index contributed by atoms with van der Waals surface area (Å²) in [5.41, 5.74) is 2.19. The van der Waals surface area contributed by atoms with Gasteiger partial charge in [-0.3, -0.25) is 9.63 Å². The maximum absolute atomic E-state index is 11.2. The van der Waals surface area contributed by atoms with Crippen LogP contribution in [0.15, 0.2) is 0 Å². The predicted octanol–water partition coefficient (Wildman–Crippen LogP) is -0.499. The third-order valence-electron chi connectivity index (χ3n) is 4.00. The Balaban J connectivity index is 1.91. The lowest BCUT2D eigenvalue weighted by molar-refractivity contribution is -0.846. The number of fused-ring (bicyclic) bond motifs is 2. The Kier molecular flexibility index (Phi) is 1.57. The van der Waals surface area contributed by atoms with Crippen LogP contribution in [0.4, 0.5) is 0 Å². The van der Waals surface area contributed by atoms with Crippen LogP contribution in [0.5, 0.6) is 0 Å². The molecule has 4 saturated heterocycles. The molecule has 1 atom stereocenters. The van der Waals surface area contributed by atoms with Crippen molar-refractivity contribution in [3.8, 4) is 0 Å². The average Bonchev–Trinajstić information content (AvgIpc) is 2.47. The fourth-order valence-electron chi connectivity index (χ4n) is 3.25. The lowest BCUT2D eigenvalue weighted by Gasteiger charge is -2.54. The zero-order valence-corrected chi connectivity index (χ0v) is 8.16. The number of amides is 1. The molecule has 1 spiro atoms. The van der Waals surface area contributed by atoms with Gasteiger partial charge >= 0.3 is 7.98 Å². The quantitative estimate of drug-likeness (QED) is 0.526. The minimum absolute atomic E-state index is 0.00495. The third kappa shape index (κ3) is 1.05. The van der Waals surface area contributed by atoms with Gasteiger partial charge in [-0.2, -0.15) is 0 Å². The highest BCUT2D eigenvalue weighted by molar-refractivity contribution is 5.97. The zero-order valence-electron chi connectivity index (χ0n) is 8.16. The molecule has 4 aliphatic heterocycles. The molecule has 74 valence electrons. The monoisotopic (exact) mass is 193 g/mol. The molecule has 5 heteroatoms. The SMILES string of the molecule is [B][N+]12CCC(CC1)C1(CC(=O)NO1)C2. The van der Waals surface area contributed by atoms with E-state index in [0.717, 1.165) is 32.5 Å². The maximum Gasteiger partial charge on any atom is 0.481 e. The van der Waals surface area contributed by atoms with Crippen molar-refractivity contribution in [2.75, 3.05) is 19.6 Å². The van der Waals surface area contributed by atoms with Crippen molar-refractivity contribution < 1.29 is 14.0 Å². The van der Waals surface area contributed by atoms with Crippen molar-refractivity contribution in [1.82, 2.24) is 5.48 Å². The highest BCUT2D eigenvalue weighted by Crippen LogP contribution is 2.44. The molecular formula is C9H14BN2O2+. The van der Waals surface area contributed by atoms with E-state index in [1.54, 1.807) is 0 Å². The minimum Gasteiger partial charge on any atom is -0.394 e. The lowest BCUT2D eigenvalue weighted by atomic mass is 9.70. The van der Waals surface area contributed by atoms with E-state index >= 15 is 0 Å². The first-order valence-electron chi connectivity index (χ1n) is 5.24. The summed E-state index contributed by atoms with van der Waals surface area (Å²) >= 11 is 0. The summed E-state index contributed by atoms with van der Waals surface area (Å²) in [6, 6.07) is 0. The first kappa shape index (κ1) is 8.74. The van der Waals surface area contributed by atoms with E-state index in [2.05, 4.69) is 5.48 Å². The molecule has 0 aromatic carbocycles. The Morgan fingerprint density at radius 2 is 2.21 bits per heavy atom. The molecule has 2 radical (unpaired) electrons. The van der Waals surface area contributed by atoms with Crippen LogP contribution in [-0.2, 0) is 9.63 Å². The van der Waals surface area contributed by atoms with Gasteiger partial charge in [0.15, 0.2) is 5.60 Å². The molecule has 4 rings (SSSR count). The standard InChI is InChI=1S/C9H14BN2O2/c10-12-3-1-7(2-4-12)9(6-12)5-8(13)11-14-9/h7H,1-6H2,(H,11,13)/q+1. The van der Waals surface area contributed by atoms with Crippen LogP contribution in [0, 0.1) is 5.92 Å². The van der Waals surface area contributed by atoms with Gasteiger partial charge < -0.3 is 4.39 Å². The summed E-state index contributed by atoms with van der Waals surface area (Å²) in [6.07, 6.45) is 2.67. The van der Waals surface area contributed by atoms with E-state index in [1.165, 1.54) is 0 Å². The molecule has 4 fully saturated rings. The lowest BCUT2D eigenvalue weighted by Crippen LogP contribution is -2.68. The molecule has 1 N–H and O–H groups in total. The van der Waals surface area contributed by atoms with E-state index in [0.29, 0.717) is 16.7 Å². The molecule has 4 nitrogen and oxygen atoms in total. The smallest absolute Gasteiger partial charge is 0.394 e. The van der Waals surface area contributed by atoms with Gasteiger partial charge in [-0.05, 0) is 0 Å². The molecule has 1 unspecified atom stereocenters. The summed E-state index contributed by atoms with van der Waals surface area (Å²) < 4.78 is 0.589. The highest BCUT2D eigenvalue weighted by Gasteiger charge is 2.58. The van der Waals surface area contributed by atoms with Crippen LogP contribution >= 0.6 is 0 Å². The van der Waals surface area contributed by atoms with Crippen LogP contribution in [0.3, 0.4) is 0 Å². The van der Waals surface area contributed by atoms with Crippen molar-refractivity contribution in [3.63, 3.8) is 0 Å². The fourth-order valence-corrected chi connectivity index (χ4v) is 3.25. The number of carbonyl (C=O) groups is 1. The van der Waals surface area contributed by atoms with Crippen molar-refractivity contribution >= 4 is 13.9 Å². The molecule has 0 saturated carbocycles. The summed E-state index contributed by atoms with van der Waals surface area (Å²) in [7, 11) is 6.21. The summed E-state index contributed by atoms with van der Waals surface area (Å²) in [4.78, 5) is 16.7. The van der Waals surface area contributed by atoms with Crippen molar-refractivity contribution in [2.24, 2.45) is 5.92 Å². The maximum atomic E-state index is 11.2. The average molecular weight is 193 g/mol. The molecular weight excluding hydrogens is 179 g/mol. The normalized spacial score (nSPS) is 51.1. The van der Waals surface area contributed by atoms with Crippen LogP contribution in [0.2, 0.25) is 0 Å². The number of hydrogen-bond donors (Lipinski definition) is 1. The Bertz CT molecular complexity index is 289. The van der Waals surface area contributed by atoms with E-state index in [9.17, 15) is 4.79 Å². The molecule has 0 aliphatic carbocycles. The Morgan fingerprint density at radius 1 is 1.50 bits per heavy atom. The number of carbonyl (C=O) groups excluding carboxylic acids is 1. The number of nitrogens with zero attached hydrogens (tertiary/aromatic N) is 1. The number of hydroxylamine groups is 1. The molecule has 0 aromatic rings. The molecule has 4 aliphatic rings. The number of rotatable bonds is 0. The third-order valence-corrected chi connectivity index (χ3v) is 4.00. The second kappa shape index (κ2) is 2.52. The van der Waals surface area contributed by atoms with Crippen LogP contribution < -0.4 is 5.48 Å². The van der Waals surface area contributed by atoms with Crippen LogP contribution in [-0.4, -0.2) is 43.5 Å². The second-order valence-corrected chi connectivity index (χ2v) is 4.97.